The van der Waals surface area contributed by atoms with Crippen molar-refractivity contribution in [3.63, 3.8) is 0 Å². The summed E-state index contributed by atoms with van der Waals surface area (Å²) in [6, 6.07) is 7.51. The molecule has 0 radical (unpaired) electrons. The van der Waals surface area contributed by atoms with Crippen molar-refractivity contribution in [2.45, 2.75) is 39.7 Å². The van der Waals surface area contributed by atoms with E-state index < -0.39 is 11.7 Å². The van der Waals surface area contributed by atoms with Gasteiger partial charge in [0.15, 0.2) is 0 Å². The minimum absolute atomic E-state index is 0.317. The normalized spacial score (nSPS) is 11.5. The second-order valence-corrected chi connectivity index (χ2v) is 6.28. The molecule has 5 heteroatoms. The van der Waals surface area contributed by atoms with Gasteiger partial charge in [0.1, 0.15) is 11.2 Å². The SMILES string of the molecule is Cc1ccc2cc(CCNC(=O)OC(C)(C)C)c(=O)oc2c1. The second-order valence-electron chi connectivity index (χ2n) is 6.28. The van der Waals surface area contributed by atoms with Crippen molar-refractivity contribution in [1.82, 2.24) is 5.32 Å². The van der Waals surface area contributed by atoms with Crippen LogP contribution in [0.3, 0.4) is 0 Å². The van der Waals surface area contributed by atoms with Gasteiger partial charge in [-0.15, -0.1) is 0 Å². The zero-order chi connectivity index (χ0) is 16.3. The van der Waals surface area contributed by atoms with Crippen molar-refractivity contribution >= 4 is 17.1 Å². The summed E-state index contributed by atoms with van der Waals surface area (Å²) in [5.74, 6) is 0. The molecule has 5 nitrogen and oxygen atoms in total. The van der Waals surface area contributed by atoms with Crippen LogP contribution in [-0.2, 0) is 11.2 Å². The average molecular weight is 303 g/mol. The Bertz CT molecular complexity index is 740. The fraction of sp³-hybridized carbons (Fsp3) is 0.412. The number of ether oxygens (including phenoxy) is 1. The van der Waals surface area contributed by atoms with Crippen LogP contribution in [0.4, 0.5) is 4.79 Å². The van der Waals surface area contributed by atoms with Gasteiger partial charge in [0.2, 0.25) is 0 Å². The molecule has 1 aromatic heterocycles. The number of alkyl carbamates (subject to hydrolysis) is 1. The summed E-state index contributed by atoms with van der Waals surface area (Å²) in [5.41, 5.74) is 1.24. The van der Waals surface area contributed by atoms with E-state index in [0.717, 1.165) is 10.9 Å². The summed E-state index contributed by atoms with van der Waals surface area (Å²) in [5, 5.41) is 3.50. The molecule has 0 bridgehead atoms. The molecule has 22 heavy (non-hydrogen) atoms. The summed E-state index contributed by atoms with van der Waals surface area (Å²) < 4.78 is 10.4. The van der Waals surface area contributed by atoms with Crippen molar-refractivity contribution < 1.29 is 13.9 Å². The molecule has 0 aliphatic heterocycles. The number of benzene rings is 1. The molecule has 1 aromatic carbocycles. The Labute approximate surface area is 129 Å². The lowest BCUT2D eigenvalue weighted by molar-refractivity contribution is 0.0528. The Kier molecular flexibility index (Phi) is 4.54. The third-order valence-corrected chi connectivity index (χ3v) is 3.03. The van der Waals surface area contributed by atoms with Gasteiger partial charge in [-0.05, 0) is 51.8 Å². The molecule has 0 saturated carbocycles. The number of fused-ring (bicyclic) bond motifs is 1. The lowest BCUT2D eigenvalue weighted by atomic mass is 10.1. The quantitative estimate of drug-likeness (QED) is 0.884. The average Bonchev–Trinajstić information content (AvgIpc) is 2.37. The number of carbonyl (C=O) groups excluding carboxylic acids is 1. The van der Waals surface area contributed by atoms with Gasteiger partial charge in [0, 0.05) is 17.5 Å². The van der Waals surface area contributed by atoms with Crippen molar-refractivity contribution in [3.8, 4) is 0 Å². The van der Waals surface area contributed by atoms with Crippen LogP contribution in [0.15, 0.2) is 33.5 Å². The summed E-state index contributed by atoms with van der Waals surface area (Å²) in [6.45, 7) is 7.65. The highest BCUT2D eigenvalue weighted by atomic mass is 16.6. The number of carbonyl (C=O) groups is 1. The predicted octanol–water partition coefficient (Wildman–Crippen LogP) is 3.17. The van der Waals surface area contributed by atoms with Gasteiger partial charge in [-0.25, -0.2) is 9.59 Å². The van der Waals surface area contributed by atoms with E-state index in [-0.39, 0.29) is 5.63 Å². The van der Waals surface area contributed by atoms with Gasteiger partial charge in [-0.2, -0.15) is 0 Å². The maximum Gasteiger partial charge on any atom is 0.407 e. The predicted molar refractivity (Wildman–Crippen MR) is 85.2 cm³/mol. The number of hydrogen-bond donors (Lipinski definition) is 1. The molecule has 0 atom stereocenters. The van der Waals surface area contributed by atoms with Gasteiger partial charge in [-0.1, -0.05) is 12.1 Å². The highest BCUT2D eigenvalue weighted by molar-refractivity contribution is 5.77. The third-order valence-electron chi connectivity index (χ3n) is 3.03. The van der Waals surface area contributed by atoms with Crippen molar-refractivity contribution in [2.24, 2.45) is 0 Å². The molecule has 0 saturated heterocycles. The minimum atomic E-state index is -0.538. The second kappa shape index (κ2) is 6.22. The first-order valence-electron chi connectivity index (χ1n) is 7.25. The molecule has 0 spiro atoms. The molecule has 0 unspecified atom stereocenters. The highest BCUT2D eigenvalue weighted by Crippen LogP contribution is 2.15. The standard InChI is InChI=1S/C17H21NO4/c1-11-5-6-12-10-13(15(19)21-14(12)9-11)7-8-18-16(20)22-17(2,3)4/h5-6,9-10H,7-8H2,1-4H3,(H,18,20). The molecule has 1 heterocycles. The molecule has 1 N–H and O–H groups in total. The smallest absolute Gasteiger partial charge is 0.407 e. The largest absolute Gasteiger partial charge is 0.444 e. The van der Waals surface area contributed by atoms with E-state index in [0.29, 0.717) is 24.1 Å². The lowest BCUT2D eigenvalue weighted by Gasteiger charge is -2.19. The number of nitrogens with one attached hydrogen (secondary N) is 1. The van der Waals surface area contributed by atoms with E-state index in [1.54, 1.807) is 26.8 Å². The third kappa shape index (κ3) is 4.35. The van der Waals surface area contributed by atoms with Crippen LogP contribution in [0.2, 0.25) is 0 Å². The molecule has 1 amide bonds. The highest BCUT2D eigenvalue weighted by Gasteiger charge is 2.15. The molecule has 118 valence electrons. The van der Waals surface area contributed by atoms with Gasteiger partial charge in [-0.3, -0.25) is 0 Å². The van der Waals surface area contributed by atoms with Gasteiger partial charge >= 0.3 is 11.7 Å². The zero-order valence-electron chi connectivity index (χ0n) is 13.4. The van der Waals surface area contributed by atoms with Gasteiger partial charge < -0.3 is 14.5 Å². The fourth-order valence-electron chi connectivity index (χ4n) is 2.05. The molecule has 0 fully saturated rings. The van der Waals surface area contributed by atoms with Crippen LogP contribution in [0.1, 0.15) is 31.9 Å². The summed E-state index contributed by atoms with van der Waals surface area (Å²) in [7, 11) is 0. The van der Waals surface area contributed by atoms with E-state index in [9.17, 15) is 9.59 Å². The molecule has 2 rings (SSSR count). The molecule has 2 aromatic rings. The Hall–Kier alpha value is -2.30. The summed E-state index contributed by atoms with van der Waals surface area (Å²) in [4.78, 5) is 23.5. The molecule has 0 aliphatic carbocycles. The topological polar surface area (TPSA) is 68.5 Å². The minimum Gasteiger partial charge on any atom is -0.444 e. The maximum atomic E-state index is 11.9. The molecule has 0 aliphatic rings. The van der Waals surface area contributed by atoms with Crippen molar-refractivity contribution in [1.29, 1.82) is 0 Å². The zero-order valence-corrected chi connectivity index (χ0v) is 13.4. The number of rotatable bonds is 3. The van der Waals surface area contributed by atoms with Crippen LogP contribution in [0, 0.1) is 6.92 Å². The lowest BCUT2D eigenvalue weighted by Crippen LogP contribution is -2.34. The van der Waals surface area contributed by atoms with E-state index in [1.807, 2.05) is 25.1 Å². The first kappa shape index (κ1) is 16.1. The van der Waals surface area contributed by atoms with E-state index >= 15 is 0 Å². The molecular weight excluding hydrogens is 282 g/mol. The van der Waals surface area contributed by atoms with Crippen molar-refractivity contribution in [3.05, 3.63) is 45.8 Å². The number of amides is 1. The number of aryl methyl sites for hydroxylation is 1. The maximum absolute atomic E-state index is 11.9. The Morgan fingerprint density at radius 2 is 2.00 bits per heavy atom. The first-order chi connectivity index (χ1) is 10.2. The fourth-order valence-corrected chi connectivity index (χ4v) is 2.05. The van der Waals surface area contributed by atoms with Crippen LogP contribution in [0.25, 0.3) is 11.0 Å². The van der Waals surface area contributed by atoms with Crippen LogP contribution >= 0.6 is 0 Å². The Balaban J connectivity index is 2.03. The van der Waals surface area contributed by atoms with Crippen molar-refractivity contribution in [2.75, 3.05) is 6.54 Å². The van der Waals surface area contributed by atoms with E-state index in [1.165, 1.54) is 0 Å². The monoisotopic (exact) mass is 303 g/mol. The van der Waals surface area contributed by atoms with Crippen LogP contribution in [0.5, 0.6) is 0 Å². The van der Waals surface area contributed by atoms with Crippen LogP contribution in [-0.4, -0.2) is 18.2 Å². The summed E-state index contributed by atoms with van der Waals surface area (Å²) >= 11 is 0. The van der Waals surface area contributed by atoms with Crippen LogP contribution < -0.4 is 10.9 Å². The van der Waals surface area contributed by atoms with E-state index in [4.69, 9.17) is 9.15 Å². The van der Waals surface area contributed by atoms with Gasteiger partial charge in [0.25, 0.3) is 0 Å². The Morgan fingerprint density at radius 1 is 1.27 bits per heavy atom. The Morgan fingerprint density at radius 3 is 2.68 bits per heavy atom. The van der Waals surface area contributed by atoms with E-state index in [2.05, 4.69) is 5.32 Å². The van der Waals surface area contributed by atoms with Gasteiger partial charge in [0.05, 0.1) is 0 Å². The first-order valence-corrected chi connectivity index (χ1v) is 7.25. The molecular formula is C17H21NO4. The number of hydrogen-bond acceptors (Lipinski definition) is 4. The summed E-state index contributed by atoms with van der Waals surface area (Å²) in [6.07, 6.45) is -0.0981.